The Labute approximate surface area is 172 Å². The molecular weight excluding hydrogens is 374 g/mol. The Morgan fingerprint density at radius 2 is 1.57 bits per heavy atom. The number of hydrogen-bond acceptors (Lipinski definition) is 3. The highest BCUT2D eigenvalue weighted by atomic mass is 35.5. The second-order valence-electron chi connectivity index (χ2n) is 7.24. The molecule has 0 spiro atoms. The van der Waals surface area contributed by atoms with E-state index in [0.29, 0.717) is 17.8 Å². The lowest BCUT2D eigenvalue weighted by Crippen LogP contribution is -2.52. The molecule has 0 aromatic heterocycles. The average molecular weight is 402 g/mol. The molecule has 0 radical (unpaired) electrons. The van der Waals surface area contributed by atoms with Gasteiger partial charge in [0.1, 0.15) is 0 Å². The van der Waals surface area contributed by atoms with Gasteiger partial charge in [-0.05, 0) is 49.1 Å². The lowest BCUT2D eigenvalue weighted by molar-refractivity contribution is -0.122. The maximum atomic E-state index is 12.5. The summed E-state index contributed by atoms with van der Waals surface area (Å²) in [5.41, 5.74) is 7.91. The molecule has 28 heavy (non-hydrogen) atoms. The van der Waals surface area contributed by atoms with Gasteiger partial charge in [0, 0.05) is 17.8 Å². The predicted molar refractivity (Wildman–Crippen MR) is 115 cm³/mol. The van der Waals surface area contributed by atoms with Crippen molar-refractivity contribution in [3.8, 4) is 0 Å². The van der Waals surface area contributed by atoms with E-state index in [4.69, 9.17) is 5.73 Å². The van der Waals surface area contributed by atoms with Crippen LogP contribution >= 0.6 is 12.4 Å². The zero-order valence-corrected chi connectivity index (χ0v) is 16.8. The standard InChI is InChI=1S/C22H27N3O2.ClH/c23-22(14-5-2-6-15-22)21(27)25-19-11-9-18(10-12-19)20(26)24-16-13-17-7-3-1-4-8-17;/h1,3-4,7-12H,2,5-6,13-16,23H2,(H,24,26)(H,25,27);1H. The van der Waals surface area contributed by atoms with Crippen LogP contribution in [0.1, 0.15) is 48.0 Å². The van der Waals surface area contributed by atoms with Gasteiger partial charge in [0.2, 0.25) is 5.91 Å². The molecule has 1 aliphatic rings. The summed E-state index contributed by atoms with van der Waals surface area (Å²) >= 11 is 0. The Bertz CT molecular complexity index is 772. The molecule has 2 amide bonds. The predicted octanol–water partition coefficient (Wildman–Crippen LogP) is 3.68. The van der Waals surface area contributed by atoms with Crippen molar-refractivity contribution in [2.24, 2.45) is 5.73 Å². The summed E-state index contributed by atoms with van der Waals surface area (Å²) in [6, 6.07) is 17.0. The van der Waals surface area contributed by atoms with Gasteiger partial charge in [0.25, 0.3) is 5.91 Å². The first kappa shape index (κ1) is 21.9. The second-order valence-corrected chi connectivity index (χ2v) is 7.24. The van der Waals surface area contributed by atoms with E-state index < -0.39 is 5.54 Å². The normalized spacial score (nSPS) is 15.2. The number of nitrogens with one attached hydrogen (secondary N) is 2. The molecule has 150 valence electrons. The first-order valence-corrected chi connectivity index (χ1v) is 9.59. The quantitative estimate of drug-likeness (QED) is 0.690. The summed E-state index contributed by atoms with van der Waals surface area (Å²) in [7, 11) is 0. The summed E-state index contributed by atoms with van der Waals surface area (Å²) in [6.45, 7) is 0.580. The van der Waals surface area contributed by atoms with Crippen molar-refractivity contribution >= 4 is 29.9 Å². The zero-order chi connectivity index (χ0) is 19.1. The van der Waals surface area contributed by atoms with Crippen molar-refractivity contribution in [2.45, 2.75) is 44.1 Å². The minimum atomic E-state index is -0.772. The van der Waals surface area contributed by atoms with Gasteiger partial charge in [-0.3, -0.25) is 9.59 Å². The molecule has 3 rings (SSSR count). The number of carbonyl (C=O) groups excluding carboxylic acids is 2. The van der Waals surface area contributed by atoms with Crippen molar-refractivity contribution in [1.29, 1.82) is 0 Å². The number of halogens is 1. The molecule has 0 unspecified atom stereocenters. The van der Waals surface area contributed by atoms with Crippen LogP contribution in [-0.2, 0) is 11.2 Å². The monoisotopic (exact) mass is 401 g/mol. The zero-order valence-electron chi connectivity index (χ0n) is 15.9. The Kier molecular flexibility index (Phi) is 8.03. The number of anilines is 1. The van der Waals surface area contributed by atoms with Crippen LogP contribution in [0.5, 0.6) is 0 Å². The van der Waals surface area contributed by atoms with Gasteiger partial charge in [0.15, 0.2) is 0 Å². The Balaban J connectivity index is 0.00000280. The fourth-order valence-electron chi connectivity index (χ4n) is 3.44. The van der Waals surface area contributed by atoms with Gasteiger partial charge in [-0.2, -0.15) is 0 Å². The largest absolute Gasteiger partial charge is 0.352 e. The van der Waals surface area contributed by atoms with Crippen LogP contribution in [0, 0.1) is 0 Å². The summed E-state index contributed by atoms with van der Waals surface area (Å²) in [4.78, 5) is 24.7. The highest BCUT2D eigenvalue weighted by Gasteiger charge is 2.35. The third-order valence-corrected chi connectivity index (χ3v) is 5.15. The summed E-state index contributed by atoms with van der Waals surface area (Å²) in [5.74, 6) is -0.256. The molecule has 0 heterocycles. The topological polar surface area (TPSA) is 84.2 Å². The lowest BCUT2D eigenvalue weighted by atomic mass is 9.82. The fraction of sp³-hybridized carbons (Fsp3) is 0.364. The number of rotatable bonds is 6. The van der Waals surface area contributed by atoms with Crippen molar-refractivity contribution < 1.29 is 9.59 Å². The van der Waals surface area contributed by atoms with Crippen LogP contribution in [0.2, 0.25) is 0 Å². The molecule has 6 heteroatoms. The number of amides is 2. The molecule has 0 aliphatic heterocycles. The van der Waals surface area contributed by atoms with Crippen LogP contribution in [0.25, 0.3) is 0 Å². The smallest absolute Gasteiger partial charge is 0.251 e. The molecule has 1 aliphatic carbocycles. The molecule has 4 N–H and O–H groups in total. The van der Waals surface area contributed by atoms with Gasteiger partial charge in [-0.1, -0.05) is 49.6 Å². The number of benzene rings is 2. The van der Waals surface area contributed by atoms with Crippen molar-refractivity contribution in [3.63, 3.8) is 0 Å². The van der Waals surface area contributed by atoms with Crippen LogP contribution in [0.3, 0.4) is 0 Å². The van der Waals surface area contributed by atoms with Crippen molar-refractivity contribution in [3.05, 3.63) is 65.7 Å². The molecule has 0 bridgehead atoms. The van der Waals surface area contributed by atoms with Crippen molar-refractivity contribution in [1.82, 2.24) is 5.32 Å². The first-order chi connectivity index (χ1) is 13.1. The maximum absolute atomic E-state index is 12.5. The van der Waals surface area contributed by atoms with Crippen LogP contribution < -0.4 is 16.4 Å². The minimum Gasteiger partial charge on any atom is -0.352 e. The van der Waals surface area contributed by atoms with Gasteiger partial charge < -0.3 is 16.4 Å². The fourth-order valence-corrected chi connectivity index (χ4v) is 3.44. The van der Waals surface area contributed by atoms with Crippen LogP contribution in [0.4, 0.5) is 5.69 Å². The van der Waals surface area contributed by atoms with Crippen LogP contribution in [-0.4, -0.2) is 23.9 Å². The third kappa shape index (κ3) is 5.81. The molecule has 0 saturated heterocycles. The summed E-state index contributed by atoms with van der Waals surface area (Å²) < 4.78 is 0. The lowest BCUT2D eigenvalue weighted by Gasteiger charge is -2.31. The first-order valence-electron chi connectivity index (χ1n) is 9.59. The molecule has 1 fully saturated rings. The Morgan fingerprint density at radius 1 is 0.929 bits per heavy atom. The third-order valence-electron chi connectivity index (χ3n) is 5.15. The summed E-state index contributed by atoms with van der Waals surface area (Å²) in [6.07, 6.45) is 5.36. The highest BCUT2D eigenvalue weighted by Crippen LogP contribution is 2.27. The molecule has 1 saturated carbocycles. The molecule has 0 atom stereocenters. The van der Waals surface area contributed by atoms with E-state index in [1.54, 1.807) is 24.3 Å². The second kappa shape index (κ2) is 10.2. The molecular formula is C22H28ClN3O2. The Morgan fingerprint density at radius 3 is 2.21 bits per heavy atom. The number of nitrogens with two attached hydrogens (primary N) is 1. The van der Waals surface area contributed by atoms with E-state index >= 15 is 0 Å². The van der Waals surface area contributed by atoms with E-state index in [2.05, 4.69) is 10.6 Å². The van der Waals surface area contributed by atoms with Gasteiger partial charge in [-0.15, -0.1) is 12.4 Å². The van der Waals surface area contributed by atoms with Gasteiger partial charge in [-0.25, -0.2) is 0 Å². The van der Waals surface area contributed by atoms with E-state index in [9.17, 15) is 9.59 Å². The van der Waals surface area contributed by atoms with Crippen molar-refractivity contribution in [2.75, 3.05) is 11.9 Å². The highest BCUT2D eigenvalue weighted by molar-refractivity contribution is 5.99. The van der Waals surface area contributed by atoms with E-state index in [1.807, 2.05) is 30.3 Å². The van der Waals surface area contributed by atoms with Gasteiger partial charge in [0.05, 0.1) is 5.54 Å². The molecule has 2 aromatic carbocycles. The SMILES string of the molecule is Cl.NC1(C(=O)Nc2ccc(C(=O)NCCc3ccccc3)cc2)CCCCC1. The van der Waals surface area contributed by atoms with E-state index in [-0.39, 0.29) is 24.2 Å². The maximum Gasteiger partial charge on any atom is 0.251 e. The summed E-state index contributed by atoms with van der Waals surface area (Å²) in [5, 5.41) is 5.81. The Hall–Kier alpha value is -2.37. The minimum absolute atomic E-state index is 0. The van der Waals surface area contributed by atoms with E-state index in [0.717, 1.165) is 38.5 Å². The van der Waals surface area contributed by atoms with Gasteiger partial charge >= 0.3 is 0 Å². The number of hydrogen-bond donors (Lipinski definition) is 3. The number of carbonyl (C=O) groups is 2. The molecule has 2 aromatic rings. The van der Waals surface area contributed by atoms with Crippen LogP contribution in [0.15, 0.2) is 54.6 Å². The molecule has 5 nitrogen and oxygen atoms in total. The van der Waals surface area contributed by atoms with E-state index in [1.165, 1.54) is 5.56 Å². The average Bonchev–Trinajstić information content (AvgIpc) is 2.70.